The quantitative estimate of drug-likeness (QED) is 0.116. The fourth-order valence-corrected chi connectivity index (χ4v) is 8.02. The Hall–Kier alpha value is -3.34. The van der Waals surface area contributed by atoms with E-state index in [1.54, 1.807) is 0 Å². The second-order valence-corrected chi connectivity index (χ2v) is 13.9. The fraction of sp³-hybridized carbons (Fsp3) is 0.524. The lowest BCUT2D eigenvalue weighted by molar-refractivity contribution is -0.183. The maximum atomic E-state index is 13.6. The molecular weight excluding hydrogens is 657 g/mol. The number of nitrogens with one attached hydrogen (secondary N) is 1. The van der Waals surface area contributed by atoms with Gasteiger partial charge in [-0.05, 0) is 0 Å². The van der Waals surface area contributed by atoms with E-state index >= 15 is 0 Å². The van der Waals surface area contributed by atoms with Crippen LogP contribution in [-0.2, 0) is 41.4 Å². The lowest BCUT2D eigenvalue weighted by Crippen LogP contribution is -2.46. The Morgan fingerprint density at radius 3 is 2.57 bits per heavy atom. The molecule has 4 saturated heterocycles. The molecule has 4 fully saturated rings. The van der Waals surface area contributed by atoms with Crippen molar-refractivity contribution in [1.82, 2.24) is 39.0 Å². The lowest BCUT2D eigenvalue weighted by Gasteiger charge is -2.33. The summed E-state index contributed by atoms with van der Waals surface area (Å²) < 4.78 is 69.7. The minimum Gasteiger partial charge on any atom is -0.387 e. The largest absolute Gasteiger partial charge is 0.472 e. The Bertz CT molecular complexity index is 2030. The van der Waals surface area contributed by atoms with Crippen molar-refractivity contribution in [2.75, 3.05) is 31.3 Å². The van der Waals surface area contributed by atoms with Gasteiger partial charge in [0.1, 0.15) is 48.0 Å². The van der Waals surface area contributed by atoms with E-state index in [1.807, 2.05) is 0 Å². The molecule has 10 atom stereocenters. The molecule has 242 valence electrons. The molecule has 25 heteroatoms. The molecule has 0 amide bonds. The van der Waals surface area contributed by atoms with Gasteiger partial charge in [-0.3, -0.25) is 32.5 Å². The molecule has 0 spiro atoms. The molecule has 0 aromatic carbocycles. The van der Waals surface area contributed by atoms with Gasteiger partial charge in [0.05, 0.1) is 32.5 Å². The van der Waals surface area contributed by atoms with E-state index in [4.69, 9.17) is 51.3 Å². The first kappa shape index (κ1) is 30.0. The zero-order chi connectivity index (χ0) is 32.2. The molecular formula is C21H23BN10O12P2. The van der Waals surface area contributed by atoms with E-state index in [-0.39, 0.29) is 40.7 Å². The Balaban J connectivity index is 1.14. The van der Waals surface area contributed by atoms with Gasteiger partial charge in [-0.2, -0.15) is 4.98 Å². The van der Waals surface area contributed by atoms with Gasteiger partial charge in [0.2, 0.25) is 13.5 Å². The summed E-state index contributed by atoms with van der Waals surface area (Å²) >= 11 is 0. The van der Waals surface area contributed by atoms with Crippen LogP contribution in [0.4, 0.5) is 11.8 Å². The van der Waals surface area contributed by atoms with E-state index in [9.17, 15) is 23.9 Å². The number of aliphatic hydroxyl groups excluding tert-OH is 1. The number of anilines is 2. The minimum atomic E-state index is -4.96. The lowest BCUT2D eigenvalue weighted by atomic mass is 10.0. The number of nitrogens with zero attached hydrogens (tertiary/aromatic N) is 7. The zero-order valence-corrected chi connectivity index (χ0v) is 24.9. The third-order valence-corrected chi connectivity index (χ3v) is 10.1. The van der Waals surface area contributed by atoms with Gasteiger partial charge in [0, 0.05) is 0 Å². The SMILES string of the molecule is [B][P@@]1(=O)OCC23COC(C(n4cnc5c(N)ncnc54)O2)C3OP(=O)(O)OCC2OC(n3cnc4c(=O)[nH]c(N)nc43)C(O1)C2O. The fourth-order valence-electron chi connectivity index (χ4n) is 6.00. The Kier molecular flexibility index (Phi) is 6.74. The number of phosphoric ester groups is 1. The summed E-state index contributed by atoms with van der Waals surface area (Å²) in [7, 11) is -3.55. The molecule has 0 aliphatic carbocycles. The average Bonchev–Trinajstić information content (AvgIpc) is 3.80. The van der Waals surface area contributed by atoms with Crippen LogP contribution in [0.25, 0.3) is 22.3 Å². The Labute approximate surface area is 256 Å². The van der Waals surface area contributed by atoms with Crippen molar-refractivity contribution in [3.05, 3.63) is 29.3 Å². The summed E-state index contributed by atoms with van der Waals surface area (Å²) in [5, 5.41) is 11.1. The first-order chi connectivity index (χ1) is 21.8. The molecule has 2 radical (unpaired) electrons. The number of hydrogen-bond acceptors (Lipinski definition) is 18. The number of H-pyrrole nitrogens is 1. The summed E-state index contributed by atoms with van der Waals surface area (Å²) in [5.41, 5.74) is 9.62. The zero-order valence-electron chi connectivity index (χ0n) is 23.1. The highest BCUT2D eigenvalue weighted by Gasteiger charge is 2.66. The predicted molar refractivity (Wildman–Crippen MR) is 150 cm³/mol. The number of aromatic nitrogens is 8. The van der Waals surface area contributed by atoms with E-state index in [0.717, 1.165) is 6.33 Å². The van der Waals surface area contributed by atoms with Crippen LogP contribution in [0.15, 0.2) is 23.8 Å². The number of imidazole rings is 2. The average molecular weight is 680 g/mol. The summed E-state index contributed by atoms with van der Waals surface area (Å²) in [4.78, 5) is 45.9. The minimum absolute atomic E-state index is 0.0704. The maximum Gasteiger partial charge on any atom is 0.472 e. The first-order valence-corrected chi connectivity index (χ1v) is 16.6. The number of aromatic amines is 1. The van der Waals surface area contributed by atoms with Crippen molar-refractivity contribution < 1.29 is 51.4 Å². The van der Waals surface area contributed by atoms with Gasteiger partial charge in [-0.25, -0.2) is 24.5 Å². The van der Waals surface area contributed by atoms with E-state index < -0.39 is 82.6 Å². The molecule has 0 saturated carbocycles. The van der Waals surface area contributed by atoms with Gasteiger partial charge in [0.25, 0.3) is 13.0 Å². The van der Waals surface area contributed by atoms with Crippen molar-refractivity contribution in [2.45, 2.75) is 48.6 Å². The third-order valence-electron chi connectivity index (χ3n) is 8.08. The third kappa shape index (κ3) is 4.70. The molecule has 4 aliphatic heterocycles. The first-order valence-electron chi connectivity index (χ1n) is 13.5. The number of nitrogen functional groups attached to an aromatic ring is 2. The predicted octanol–water partition coefficient (Wildman–Crippen LogP) is -1.76. The van der Waals surface area contributed by atoms with Gasteiger partial charge < -0.3 is 44.7 Å². The highest BCUT2D eigenvalue weighted by Crippen LogP contribution is 2.58. The van der Waals surface area contributed by atoms with Crippen molar-refractivity contribution >= 4 is 57.0 Å². The summed E-state index contributed by atoms with van der Waals surface area (Å²) in [5.74, 6) is -0.140. The topological polar surface area (TPSA) is 298 Å². The van der Waals surface area contributed by atoms with Crippen LogP contribution in [0.2, 0.25) is 0 Å². The van der Waals surface area contributed by atoms with Gasteiger partial charge >= 0.3 is 7.82 Å². The van der Waals surface area contributed by atoms with Crippen molar-refractivity contribution in [2.24, 2.45) is 0 Å². The molecule has 46 heavy (non-hydrogen) atoms. The molecule has 4 aliphatic rings. The van der Waals surface area contributed by atoms with Crippen molar-refractivity contribution in [1.29, 1.82) is 0 Å². The monoisotopic (exact) mass is 680 g/mol. The van der Waals surface area contributed by atoms with Gasteiger partial charge in [-0.15, -0.1) is 0 Å². The Morgan fingerprint density at radius 1 is 1.00 bits per heavy atom. The van der Waals surface area contributed by atoms with Crippen LogP contribution in [0, 0.1) is 0 Å². The van der Waals surface area contributed by atoms with Gasteiger partial charge in [0.15, 0.2) is 35.1 Å². The van der Waals surface area contributed by atoms with Crippen LogP contribution < -0.4 is 17.0 Å². The van der Waals surface area contributed by atoms with E-state index in [1.165, 1.54) is 21.8 Å². The highest BCUT2D eigenvalue weighted by atomic mass is 31.2. The number of phosphoric acid groups is 1. The molecule has 8 rings (SSSR count). The molecule has 4 aromatic rings. The highest BCUT2D eigenvalue weighted by molar-refractivity contribution is 7.79. The number of nitrogens with two attached hydrogens (primary N) is 2. The molecule has 22 nitrogen and oxygen atoms in total. The molecule has 7 N–H and O–H groups in total. The number of hydrogen-bond donors (Lipinski definition) is 5. The second-order valence-electron chi connectivity index (χ2n) is 10.9. The van der Waals surface area contributed by atoms with Crippen LogP contribution in [0.5, 0.6) is 0 Å². The van der Waals surface area contributed by atoms with Crippen LogP contribution in [0.1, 0.15) is 12.5 Å². The molecule has 8 heterocycles. The standard InChI is InChI=1S/C21H23BN10O12P2/c22-45(35)40-3-21-2-38-12(19(42-21)31-5-27-8-14(23)25-4-26-15(8)31)13(21)44-46(36,37)39-1-7-10(33)11(43-45)18(41-7)32-6-28-9-16(32)29-20(24)30-17(9)34/h4-7,10-13,18-19,33H,1-3H2,(H,36,37)(H2,23,25,26)(H3,24,29,30,34)/t7?,10?,11?,12?,13?,18?,19?,21?,45-/m1/s1. The van der Waals surface area contributed by atoms with Crippen molar-refractivity contribution in [3.63, 3.8) is 0 Å². The van der Waals surface area contributed by atoms with Crippen molar-refractivity contribution in [3.8, 4) is 0 Å². The van der Waals surface area contributed by atoms with Gasteiger partial charge in [-0.1, -0.05) is 0 Å². The van der Waals surface area contributed by atoms with E-state index in [0.29, 0.717) is 0 Å². The smallest absolute Gasteiger partial charge is 0.387 e. The van der Waals surface area contributed by atoms with Crippen LogP contribution in [-0.4, -0.2) is 113 Å². The number of aliphatic hydroxyl groups is 1. The second kappa shape index (κ2) is 10.3. The summed E-state index contributed by atoms with van der Waals surface area (Å²) in [6, 6.07) is 0. The summed E-state index contributed by atoms with van der Waals surface area (Å²) in [6.07, 6.45) is -5.70. The summed E-state index contributed by atoms with van der Waals surface area (Å²) in [6.45, 7) is -1.60. The number of fused-ring (bicyclic) bond motifs is 4. The molecule has 4 bridgehead atoms. The maximum absolute atomic E-state index is 13.6. The van der Waals surface area contributed by atoms with Crippen LogP contribution >= 0.6 is 15.3 Å². The Morgan fingerprint density at radius 2 is 1.76 bits per heavy atom. The number of ether oxygens (including phenoxy) is 3. The van der Waals surface area contributed by atoms with Crippen LogP contribution in [0.3, 0.4) is 0 Å². The molecule has 9 unspecified atom stereocenters. The normalized spacial score (nSPS) is 39.7. The molecule has 4 aromatic heterocycles. The number of rotatable bonds is 2. The van der Waals surface area contributed by atoms with E-state index in [2.05, 4.69) is 29.9 Å².